The molecule has 0 saturated carbocycles. The van der Waals surface area contributed by atoms with Crippen LogP contribution >= 0.6 is 0 Å². The highest BCUT2D eigenvalue weighted by Crippen LogP contribution is 2.27. The molecule has 0 fully saturated rings. The van der Waals surface area contributed by atoms with Gasteiger partial charge in [0, 0.05) is 11.6 Å². The van der Waals surface area contributed by atoms with E-state index in [1.54, 1.807) is 25.1 Å². The molecule has 0 saturated heterocycles. The molecule has 0 aliphatic heterocycles. The van der Waals surface area contributed by atoms with Crippen molar-refractivity contribution in [3.8, 4) is 5.75 Å². The molecular formula is C8H12N2O. The lowest BCUT2D eigenvalue weighted by Gasteiger charge is -2.08. The zero-order valence-corrected chi connectivity index (χ0v) is 6.41. The number of phenols is 1. The van der Waals surface area contributed by atoms with Crippen LogP contribution in [0.5, 0.6) is 5.75 Å². The Bertz CT molecular complexity index is 258. The van der Waals surface area contributed by atoms with Crippen molar-refractivity contribution >= 4 is 5.69 Å². The first-order chi connectivity index (χ1) is 5.13. The fourth-order valence-corrected chi connectivity index (χ4v) is 0.947. The predicted molar refractivity (Wildman–Crippen MR) is 45.1 cm³/mol. The maximum Gasteiger partial charge on any atom is 0.143 e. The summed E-state index contributed by atoms with van der Waals surface area (Å²) in [4.78, 5) is 0. The fraction of sp³-hybridized carbons (Fsp3) is 0.250. The van der Waals surface area contributed by atoms with Crippen LogP contribution in [0.3, 0.4) is 0 Å². The summed E-state index contributed by atoms with van der Waals surface area (Å²) < 4.78 is 0. The number of aromatic hydroxyl groups is 1. The SMILES string of the molecule is CC(N)c1cccc(N)c1O. The molecule has 11 heavy (non-hydrogen) atoms. The summed E-state index contributed by atoms with van der Waals surface area (Å²) in [6, 6.07) is 4.99. The van der Waals surface area contributed by atoms with E-state index in [2.05, 4.69) is 0 Å². The third kappa shape index (κ3) is 1.43. The van der Waals surface area contributed by atoms with Gasteiger partial charge in [-0.05, 0) is 13.0 Å². The number of para-hydroxylation sites is 1. The summed E-state index contributed by atoms with van der Waals surface area (Å²) in [5.41, 5.74) is 12.1. The number of rotatable bonds is 1. The smallest absolute Gasteiger partial charge is 0.143 e. The van der Waals surface area contributed by atoms with Gasteiger partial charge in [0.1, 0.15) is 5.75 Å². The fourth-order valence-electron chi connectivity index (χ4n) is 0.947. The van der Waals surface area contributed by atoms with Crippen LogP contribution in [0.25, 0.3) is 0 Å². The zero-order chi connectivity index (χ0) is 8.43. The van der Waals surface area contributed by atoms with Gasteiger partial charge >= 0.3 is 0 Å². The van der Waals surface area contributed by atoms with Gasteiger partial charge in [-0.1, -0.05) is 12.1 Å². The molecule has 0 aliphatic carbocycles. The van der Waals surface area contributed by atoms with E-state index in [4.69, 9.17) is 11.5 Å². The van der Waals surface area contributed by atoms with Gasteiger partial charge in [-0.15, -0.1) is 0 Å². The normalized spacial score (nSPS) is 12.9. The lowest BCUT2D eigenvalue weighted by molar-refractivity contribution is 0.466. The van der Waals surface area contributed by atoms with Gasteiger partial charge in [0.25, 0.3) is 0 Å². The molecule has 1 aromatic rings. The molecule has 0 aliphatic rings. The molecule has 1 aromatic carbocycles. The molecule has 3 heteroatoms. The number of anilines is 1. The van der Waals surface area contributed by atoms with E-state index in [0.29, 0.717) is 11.3 Å². The topological polar surface area (TPSA) is 72.3 Å². The maximum atomic E-state index is 9.36. The molecular weight excluding hydrogens is 140 g/mol. The van der Waals surface area contributed by atoms with E-state index in [1.807, 2.05) is 0 Å². The van der Waals surface area contributed by atoms with Gasteiger partial charge in [-0.3, -0.25) is 0 Å². The van der Waals surface area contributed by atoms with Crippen LogP contribution in [-0.2, 0) is 0 Å². The van der Waals surface area contributed by atoms with Gasteiger partial charge in [0.2, 0.25) is 0 Å². The van der Waals surface area contributed by atoms with Gasteiger partial charge in [0.15, 0.2) is 0 Å². The Hall–Kier alpha value is -1.22. The lowest BCUT2D eigenvalue weighted by Crippen LogP contribution is -2.05. The molecule has 0 bridgehead atoms. The third-order valence-electron chi connectivity index (χ3n) is 1.59. The Labute approximate surface area is 65.6 Å². The first-order valence-electron chi connectivity index (χ1n) is 3.46. The van der Waals surface area contributed by atoms with E-state index in [0.717, 1.165) is 0 Å². The van der Waals surface area contributed by atoms with Crippen molar-refractivity contribution in [2.45, 2.75) is 13.0 Å². The second-order valence-corrected chi connectivity index (χ2v) is 2.57. The van der Waals surface area contributed by atoms with Crippen molar-refractivity contribution in [3.63, 3.8) is 0 Å². The molecule has 5 N–H and O–H groups in total. The Morgan fingerprint density at radius 1 is 1.45 bits per heavy atom. The first kappa shape index (κ1) is 7.88. The number of hydrogen-bond donors (Lipinski definition) is 3. The average Bonchev–Trinajstić information content (AvgIpc) is 1.94. The molecule has 0 spiro atoms. The maximum absolute atomic E-state index is 9.36. The Morgan fingerprint density at radius 2 is 2.09 bits per heavy atom. The molecule has 0 radical (unpaired) electrons. The Kier molecular flexibility index (Phi) is 2.01. The van der Waals surface area contributed by atoms with Crippen LogP contribution < -0.4 is 11.5 Å². The summed E-state index contributed by atoms with van der Waals surface area (Å²) in [5, 5.41) is 9.36. The summed E-state index contributed by atoms with van der Waals surface area (Å²) in [7, 11) is 0. The van der Waals surface area contributed by atoms with Crippen molar-refractivity contribution in [2.24, 2.45) is 5.73 Å². The molecule has 1 unspecified atom stereocenters. The van der Waals surface area contributed by atoms with Crippen molar-refractivity contribution in [2.75, 3.05) is 5.73 Å². The minimum Gasteiger partial charge on any atom is -0.505 e. The molecule has 0 heterocycles. The standard InChI is InChI=1S/C8H12N2O/c1-5(9)6-3-2-4-7(10)8(6)11/h2-5,11H,9-10H2,1H3. The summed E-state index contributed by atoms with van der Waals surface area (Å²) >= 11 is 0. The van der Waals surface area contributed by atoms with E-state index < -0.39 is 0 Å². The molecule has 60 valence electrons. The minimum atomic E-state index is -0.182. The largest absolute Gasteiger partial charge is 0.505 e. The summed E-state index contributed by atoms with van der Waals surface area (Å²) in [5.74, 6) is 0.0995. The number of benzene rings is 1. The second-order valence-electron chi connectivity index (χ2n) is 2.57. The first-order valence-corrected chi connectivity index (χ1v) is 3.46. The summed E-state index contributed by atoms with van der Waals surface area (Å²) in [6.45, 7) is 1.80. The van der Waals surface area contributed by atoms with E-state index in [-0.39, 0.29) is 11.8 Å². The van der Waals surface area contributed by atoms with Gasteiger partial charge in [-0.2, -0.15) is 0 Å². The van der Waals surface area contributed by atoms with Crippen molar-refractivity contribution in [1.82, 2.24) is 0 Å². The second kappa shape index (κ2) is 2.80. The van der Waals surface area contributed by atoms with E-state index in [9.17, 15) is 5.11 Å². The number of nitrogens with two attached hydrogens (primary N) is 2. The lowest BCUT2D eigenvalue weighted by atomic mass is 10.1. The monoisotopic (exact) mass is 152 g/mol. The van der Waals surface area contributed by atoms with Crippen molar-refractivity contribution < 1.29 is 5.11 Å². The quantitative estimate of drug-likeness (QED) is 0.415. The van der Waals surface area contributed by atoms with Gasteiger partial charge < -0.3 is 16.6 Å². The highest BCUT2D eigenvalue weighted by atomic mass is 16.3. The number of phenolic OH excluding ortho intramolecular Hbond substituents is 1. The number of nitrogen functional groups attached to an aromatic ring is 1. The molecule has 0 amide bonds. The number of hydrogen-bond acceptors (Lipinski definition) is 3. The minimum absolute atomic E-state index is 0.0995. The van der Waals surface area contributed by atoms with Crippen LogP contribution in [-0.4, -0.2) is 5.11 Å². The van der Waals surface area contributed by atoms with Crippen LogP contribution in [0.2, 0.25) is 0 Å². The highest BCUT2D eigenvalue weighted by Gasteiger charge is 2.06. The zero-order valence-electron chi connectivity index (χ0n) is 6.41. The van der Waals surface area contributed by atoms with Crippen LogP contribution in [0.4, 0.5) is 5.69 Å². The Balaban J connectivity index is 3.17. The molecule has 1 atom stereocenters. The van der Waals surface area contributed by atoms with Crippen molar-refractivity contribution in [1.29, 1.82) is 0 Å². The molecule has 1 rings (SSSR count). The van der Waals surface area contributed by atoms with Crippen LogP contribution in [0.1, 0.15) is 18.5 Å². The third-order valence-corrected chi connectivity index (χ3v) is 1.59. The van der Waals surface area contributed by atoms with Gasteiger partial charge in [-0.25, -0.2) is 0 Å². The van der Waals surface area contributed by atoms with E-state index in [1.165, 1.54) is 0 Å². The van der Waals surface area contributed by atoms with Crippen LogP contribution in [0.15, 0.2) is 18.2 Å². The van der Waals surface area contributed by atoms with Gasteiger partial charge in [0.05, 0.1) is 5.69 Å². The van der Waals surface area contributed by atoms with Crippen molar-refractivity contribution in [3.05, 3.63) is 23.8 Å². The van der Waals surface area contributed by atoms with E-state index >= 15 is 0 Å². The Morgan fingerprint density at radius 3 is 2.55 bits per heavy atom. The molecule has 0 aromatic heterocycles. The molecule has 3 nitrogen and oxygen atoms in total. The average molecular weight is 152 g/mol. The summed E-state index contributed by atoms with van der Waals surface area (Å²) in [6.07, 6.45) is 0. The van der Waals surface area contributed by atoms with Crippen LogP contribution in [0, 0.1) is 0 Å². The highest BCUT2D eigenvalue weighted by molar-refractivity contribution is 5.56. The predicted octanol–water partition coefficient (Wildman–Crippen LogP) is 0.994.